The number of para-hydroxylation sites is 1. The van der Waals surface area contributed by atoms with E-state index in [1.807, 2.05) is 6.92 Å². The number of nitrogens with zero attached hydrogens (tertiary/aromatic N) is 2. The van der Waals surface area contributed by atoms with Crippen LogP contribution >= 0.6 is 23.4 Å². The minimum atomic E-state index is -4.08. The van der Waals surface area contributed by atoms with Crippen LogP contribution in [0.5, 0.6) is 0 Å². The molecule has 4 rings (SSSR count). The highest BCUT2D eigenvalue weighted by Gasteiger charge is 2.41. The number of hydrogen-bond donors (Lipinski definition) is 1. The summed E-state index contributed by atoms with van der Waals surface area (Å²) in [5.41, 5.74) is 2.02. The molecule has 0 radical (unpaired) electrons. The molecule has 1 saturated heterocycles. The van der Waals surface area contributed by atoms with Crippen LogP contribution < -0.4 is 10.2 Å². The van der Waals surface area contributed by atoms with Gasteiger partial charge >= 0.3 is 0 Å². The first-order valence-electron chi connectivity index (χ1n) is 10.8. The molecule has 180 valence electrons. The van der Waals surface area contributed by atoms with Crippen molar-refractivity contribution in [1.82, 2.24) is 0 Å². The number of amidine groups is 1. The Kier molecular flexibility index (Phi) is 7.59. The zero-order valence-corrected chi connectivity index (χ0v) is 21.1. The number of carbonyl (C=O) groups excluding carboxylic acids is 2. The summed E-state index contributed by atoms with van der Waals surface area (Å²) in [4.78, 5) is 27.2. The van der Waals surface area contributed by atoms with E-state index in [1.165, 1.54) is 17.0 Å². The predicted octanol–water partition coefficient (Wildman–Crippen LogP) is 5.12. The maximum absolute atomic E-state index is 13.3. The number of halogens is 1. The molecule has 0 bridgehead atoms. The maximum Gasteiger partial charge on any atom is 0.284 e. The van der Waals surface area contributed by atoms with E-state index in [4.69, 9.17) is 11.6 Å². The lowest BCUT2D eigenvalue weighted by Crippen LogP contribution is -2.33. The van der Waals surface area contributed by atoms with Crippen LogP contribution in [0.15, 0.2) is 88.2 Å². The SMILES string of the molecule is CCc1ccc(S(=O)(=O)N=C2SC(CC(=O)Nc3ccc(Cl)cc3)C(=O)N2c2ccccc2)cc1. The Hall–Kier alpha value is -3.14. The number of benzene rings is 3. The summed E-state index contributed by atoms with van der Waals surface area (Å²) in [7, 11) is -4.08. The van der Waals surface area contributed by atoms with Crippen molar-refractivity contribution in [2.45, 2.75) is 29.9 Å². The fraction of sp³-hybridized carbons (Fsp3) is 0.160. The second-order valence-electron chi connectivity index (χ2n) is 7.72. The minimum absolute atomic E-state index is 0.00469. The van der Waals surface area contributed by atoms with Crippen LogP contribution in [0, 0.1) is 0 Å². The second-order valence-corrected chi connectivity index (χ2v) is 10.9. The lowest BCUT2D eigenvalue weighted by atomic mass is 10.2. The molecule has 0 aliphatic carbocycles. The van der Waals surface area contributed by atoms with E-state index in [0.717, 1.165) is 23.7 Å². The van der Waals surface area contributed by atoms with Gasteiger partial charge in [0.2, 0.25) is 11.8 Å². The van der Waals surface area contributed by atoms with Gasteiger partial charge in [-0.05, 0) is 60.5 Å². The van der Waals surface area contributed by atoms with Crippen LogP contribution in [-0.4, -0.2) is 30.6 Å². The standard InChI is InChI=1S/C25H22ClN3O4S2/c1-2-17-8-14-21(15-9-17)35(32,33)28-25-29(20-6-4-3-5-7-20)24(31)22(34-25)16-23(30)27-19-12-10-18(26)11-13-19/h3-15,22H,2,16H2,1H3,(H,27,30). The third-order valence-electron chi connectivity index (χ3n) is 5.28. The molecule has 3 aromatic rings. The summed E-state index contributed by atoms with van der Waals surface area (Å²) in [6.45, 7) is 1.98. The van der Waals surface area contributed by atoms with E-state index in [1.54, 1.807) is 66.7 Å². The Bertz CT molecular complexity index is 1360. The van der Waals surface area contributed by atoms with Crippen molar-refractivity contribution >= 4 is 61.7 Å². The molecule has 1 heterocycles. The van der Waals surface area contributed by atoms with Crippen molar-refractivity contribution < 1.29 is 18.0 Å². The van der Waals surface area contributed by atoms with Crippen molar-refractivity contribution in [3.8, 4) is 0 Å². The molecule has 0 saturated carbocycles. The zero-order valence-electron chi connectivity index (χ0n) is 18.7. The van der Waals surface area contributed by atoms with Crippen molar-refractivity contribution in [2.24, 2.45) is 4.40 Å². The molecule has 1 aliphatic rings. The molecule has 0 spiro atoms. The number of rotatable bonds is 7. The smallest absolute Gasteiger partial charge is 0.284 e. The lowest BCUT2D eigenvalue weighted by molar-refractivity contribution is -0.121. The quantitative estimate of drug-likeness (QED) is 0.460. The monoisotopic (exact) mass is 527 g/mol. The van der Waals surface area contributed by atoms with E-state index < -0.39 is 21.2 Å². The van der Waals surface area contributed by atoms with E-state index in [2.05, 4.69) is 9.71 Å². The van der Waals surface area contributed by atoms with Gasteiger partial charge in [0.05, 0.1) is 10.6 Å². The maximum atomic E-state index is 13.3. The zero-order chi connectivity index (χ0) is 25.0. The first-order chi connectivity index (χ1) is 16.8. The molecule has 7 nitrogen and oxygen atoms in total. The van der Waals surface area contributed by atoms with Crippen LogP contribution in [0.3, 0.4) is 0 Å². The molecule has 1 atom stereocenters. The fourth-order valence-electron chi connectivity index (χ4n) is 3.44. The van der Waals surface area contributed by atoms with Crippen molar-refractivity contribution in [3.63, 3.8) is 0 Å². The first kappa shape index (κ1) is 25.0. The highest BCUT2D eigenvalue weighted by atomic mass is 35.5. The molecule has 1 N–H and O–H groups in total. The van der Waals surface area contributed by atoms with E-state index >= 15 is 0 Å². The molecular formula is C25H22ClN3O4S2. The number of amides is 2. The topological polar surface area (TPSA) is 95.9 Å². The first-order valence-corrected chi connectivity index (χ1v) is 13.5. The Morgan fingerprint density at radius 2 is 1.69 bits per heavy atom. The molecule has 35 heavy (non-hydrogen) atoms. The van der Waals surface area contributed by atoms with Gasteiger partial charge in [0, 0.05) is 17.1 Å². The normalized spacial score (nSPS) is 17.1. The van der Waals surface area contributed by atoms with Crippen molar-refractivity contribution in [3.05, 3.63) is 89.4 Å². The summed E-state index contributed by atoms with van der Waals surface area (Å²) in [6.07, 6.45) is 0.625. The van der Waals surface area contributed by atoms with Crippen LogP contribution in [-0.2, 0) is 26.0 Å². The highest BCUT2D eigenvalue weighted by molar-refractivity contribution is 8.16. The number of nitrogens with one attached hydrogen (secondary N) is 1. The molecule has 1 unspecified atom stereocenters. The number of thioether (sulfide) groups is 1. The van der Waals surface area contributed by atoms with E-state index in [9.17, 15) is 18.0 Å². The number of anilines is 2. The summed E-state index contributed by atoms with van der Waals surface area (Å²) in [5, 5.41) is 2.44. The fourth-order valence-corrected chi connectivity index (χ4v) is 5.90. The Labute approximate surface area is 213 Å². The molecule has 1 aliphatic heterocycles. The number of carbonyl (C=O) groups is 2. The van der Waals surface area contributed by atoms with Gasteiger partial charge in [0.1, 0.15) is 5.25 Å². The summed E-state index contributed by atoms with van der Waals surface area (Å²) in [6, 6.07) is 21.7. The largest absolute Gasteiger partial charge is 0.326 e. The Morgan fingerprint density at radius 1 is 1.03 bits per heavy atom. The average molecular weight is 528 g/mol. The Morgan fingerprint density at radius 3 is 2.31 bits per heavy atom. The minimum Gasteiger partial charge on any atom is -0.326 e. The van der Waals surface area contributed by atoms with Crippen LogP contribution in [0.1, 0.15) is 18.9 Å². The summed E-state index contributed by atoms with van der Waals surface area (Å²) < 4.78 is 30.1. The van der Waals surface area contributed by atoms with Gasteiger partial charge in [-0.15, -0.1) is 4.40 Å². The summed E-state index contributed by atoms with van der Waals surface area (Å²) >= 11 is 6.84. The van der Waals surface area contributed by atoms with Gasteiger partial charge in [0.15, 0.2) is 5.17 Å². The van der Waals surface area contributed by atoms with Gasteiger partial charge in [0.25, 0.3) is 10.0 Å². The van der Waals surface area contributed by atoms with Crippen LogP contribution in [0.2, 0.25) is 5.02 Å². The highest BCUT2D eigenvalue weighted by Crippen LogP contribution is 2.35. The molecule has 1 fully saturated rings. The molecular weight excluding hydrogens is 506 g/mol. The lowest BCUT2D eigenvalue weighted by Gasteiger charge is -2.16. The van der Waals surface area contributed by atoms with Crippen LogP contribution in [0.4, 0.5) is 11.4 Å². The molecule has 2 amide bonds. The van der Waals surface area contributed by atoms with Gasteiger partial charge in [-0.1, -0.05) is 60.6 Å². The number of aryl methyl sites for hydroxylation is 1. The van der Waals surface area contributed by atoms with Gasteiger partial charge in [-0.25, -0.2) is 0 Å². The average Bonchev–Trinajstić information content (AvgIpc) is 3.14. The van der Waals surface area contributed by atoms with Gasteiger partial charge < -0.3 is 5.32 Å². The van der Waals surface area contributed by atoms with E-state index in [-0.39, 0.29) is 22.4 Å². The molecule has 3 aromatic carbocycles. The van der Waals surface area contributed by atoms with Gasteiger partial charge in [-0.3, -0.25) is 14.5 Å². The van der Waals surface area contributed by atoms with Crippen LogP contribution in [0.25, 0.3) is 0 Å². The van der Waals surface area contributed by atoms with Crippen molar-refractivity contribution in [1.29, 1.82) is 0 Å². The number of hydrogen-bond acceptors (Lipinski definition) is 5. The third-order valence-corrected chi connectivity index (χ3v) is 8.06. The van der Waals surface area contributed by atoms with Gasteiger partial charge in [-0.2, -0.15) is 8.42 Å². The van der Waals surface area contributed by atoms with E-state index in [0.29, 0.717) is 16.4 Å². The number of sulfonamides is 1. The predicted molar refractivity (Wildman–Crippen MR) is 140 cm³/mol. The Balaban J connectivity index is 1.61. The molecule has 0 aromatic heterocycles. The van der Waals surface area contributed by atoms with Crippen molar-refractivity contribution in [2.75, 3.05) is 10.2 Å². The second kappa shape index (κ2) is 10.6. The molecule has 10 heteroatoms. The summed E-state index contributed by atoms with van der Waals surface area (Å²) in [5.74, 6) is -0.798. The third kappa shape index (κ3) is 5.93.